The molecule has 13 heavy (non-hydrogen) atoms. The highest BCUT2D eigenvalue weighted by atomic mass is 32.2. The van der Waals surface area contributed by atoms with E-state index in [0.29, 0.717) is 0 Å². The van der Waals surface area contributed by atoms with Gasteiger partial charge in [0.05, 0.1) is 6.20 Å². The number of anilines is 2. The maximum absolute atomic E-state index is 11.1. The lowest BCUT2D eigenvalue weighted by Gasteiger charge is -2.25. The summed E-state index contributed by atoms with van der Waals surface area (Å²) in [5.74, 6) is 1.50. The van der Waals surface area contributed by atoms with Crippen LogP contribution < -0.4 is 10.6 Å². The summed E-state index contributed by atoms with van der Waals surface area (Å²) >= 11 is 1.49. The van der Waals surface area contributed by atoms with Gasteiger partial charge < -0.3 is 10.6 Å². The van der Waals surface area contributed by atoms with Gasteiger partial charge in [-0.1, -0.05) is 11.3 Å². The molecule has 1 aromatic heterocycles. The van der Waals surface area contributed by atoms with Gasteiger partial charge in [-0.3, -0.25) is 4.21 Å². The molecule has 0 spiro atoms. The molecule has 4 nitrogen and oxygen atoms in total. The fourth-order valence-electron chi connectivity index (χ4n) is 1.25. The van der Waals surface area contributed by atoms with Gasteiger partial charge in [0.25, 0.3) is 0 Å². The minimum Gasteiger partial charge on any atom is -0.389 e. The van der Waals surface area contributed by atoms with Crippen molar-refractivity contribution in [3.63, 3.8) is 0 Å². The number of hydrogen-bond acceptors (Lipinski definition) is 5. The molecule has 6 heteroatoms. The first-order valence-corrected chi connectivity index (χ1v) is 6.37. The highest BCUT2D eigenvalue weighted by Gasteiger charge is 2.17. The van der Waals surface area contributed by atoms with E-state index < -0.39 is 10.8 Å². The van der Waals surface area contributed by atoms with Crippen LogP contribution in [0.3, 0.4) is 0 Å². The molecule has 0 bridgehead atoms. The molecule has 0 aliphatic carbocycles. The van der Waals surface area contributed by atoms with Crippen LogP contribution in [-0.4, -0.2) is 33.8 Å². The first kappa shape index (κ1) is 8.96. The molecule has 0 unspecified atom stereocenters. The van der Waals surface area contributed by atoms with Crippen LogP contribution in [0, 0.1) is 0 Å². The monoisotopic (exact) mass is 217 g/mol. The van der Waals surface area contributed by atoms with E-state index in [4.69, 9.17) is 5.73 Å². The second-order valence-electron chi connectivity index (χ2n) is 2.88. The average molecular weight is 217 g/mol. The maximum Gasteiger partial charge on any atom is 0.187 e. The van der Waals surface area contributed by atoms with Crippen LogP contribution in [0.15, 0.2) is 6.20 Å². The summed E-state index contributed by atoms with van der Waals surface area (Å²) in [6.07, 6.45) is 1.67. The molecule has 0 saturated carbocycles. The molecule has 1 aliphatic heterocycles. The molecule has 0 radical (unpaired) electrons. The summed E-state index contributed by atoms with van der Waals surface area (Å²) in [5, 5.41) is 1.69. The molecular weight excluding hydrogens is 206 g/mol. The fraction of sp³-hybridized carbons (Fsp3) is 0.571. The number of hydrogen-bond donors (Lipinski definition) is 1. The summed E-state index contributed by atoms with van der Waals surface area (Å²) in [6, 6.07) is 0. The predicted molar refractivity (Wildman–Crippen MR) is 56.6 cm³/mol. The van der Waals surface area contributed by atoms with Crippen molar-refractivity contribution in [2.45, 2.75) is 0 Å². The van der Waals surface area contributed by atoms with Crippen molar-refractivity contribution in [1.29, 1.82) is 0 Å². The number of rotatable bonds is 1. The predicted octanol–water partition coefficient (Wildman–Crippen LogP) is 0.294. The number of nitrogens with two attached hydrogens (primary N) is 1. The summed E-state index contributed by atoms with van der Waals surface area (Å²) in [4.78, 5) is 6.33. The van der Waals surface area contributed by atoms with Crippen molar-refractivity contribution in [2.75, 3.05) is 35.2 Å². The van der Waals surface area contributed by atoms with E-state index in [1.54, 1.807) is 6.20 Å². The van der Waals surface area contributed by atoms with Crippen molar-refractivity contribution in [2.24, 2.45) is 0 Å². The molecule has 0 aromatic carbocycles. The molecule has 2 rings (SSSR count). The van der Waals surface area contributed by atoms with Crippen LogP contribution in [0.25, 0.3) is 0 Å². The third-order valence-electron chi connectivity index (χ3n) is 1.96. The molecule has 1 fully saturated rings. The number of thiazole rings is 1. The Morgan fingerprint density at radius 2 is 2.23 bits per heavy atom. The van der Waals surface area contributed by atoms with Crippen molar-refractivity contribution in [1.82, 2.24) is 4.98 Å². The standard InChI is InChI=1S/C7H11N3OS2/c8-6-5-9-7(12-6)10-1-3-13(11)4-2-10/h5H,1-4,8H2. The van der Waals surface area contributed by atoms with Crippen LogP contribution in [0.5, 0.6) is 0 Å². The highest BCUT2D eigenvalue weighted by Crippen LogP contribution is 2.24. The van der Waals surface area contributed by atoms with E-state index in [-0.39, 0.29) is 0 Å². The van der Waals surface area contributed by atoms with E-state index in [0.717, 1.165) is 34.7 Å². The quantitative estimate of drug-likeness (QED) is 0.734. The smallest absolute Gasteiger partial charge is 0.187 e. The van der Waals surface area contributed by atoms with Gasteiger partial charge >= 0.3 is 0 Å². The molecule has 1 saturated heterocycles. The maximum atomic E-state index is 11.1. The topological polar surface area (TPSA) is 59.2 Å². The van der Waals surface area contributed by atoms with Crippen molar-refractivity contribution >= 4 is 32.3 Å². The van der Waals surface area contributed by atoms with Gasteiger partial charge in [0, 0.05) is 35.4 Å². The van der Waals surface area contributed by atoms with Crippen LogP contribution in [-0.2, 0) is 10.8 Å². The number of aromatic nitrogens is 1. The van der Waals surface area contributed by atoms with E-state index in [1.165, 1.54) is 11.3 Å². The minimum atomic E-state index is -0.624. The molecule has 0 atom stereocenters. The zero-order valence-corrected chi connectivity index (χ0v) is 8.74. The normalized spacial score (nSPS) is 19.2. The molecule has 1 aliphatic rings. The third kappa shape index (κ3) is 2.00. The molecule has 2 N–H and O–H groups in total. The van der Waals surface area contributed by atoms with E-state index in [2.05, 4.69) is 9.88 Å². The van der Waals surface area contributed by atoms with Crippen molar-refractivity contribution in [3.05, 3.63) is 6.20 Å². The lowest BCUT2D eigenvalue weighted by molar-refractivity contribution is 0.673. The number of nitrogens with zero attached hydrogens (tertiary/aromatic N) is 2. The summed E-state index contributed by atoms with van der Waals surface area (Å²) < 4.78 is 11.1. The Balaban J connectivity index is 2.06. The third-order valence-corrected chi connectivity index (χ3v) is 4.12. The zero-order valence-electron chi connectivity index (χ0n) is 7.10. The zero-order chi connectivity index (χ0) is 9.26. The van der Waals surface area contributed by atoms with E-state index in [9.17, 15) is 4.21 Å². The molecule has 72 valence electrons. The average Bonchev–Trinajstić information content (AvgIpc) is 2.53. The Bertz CT molecular complexity index is 315. The lowest BCUT2D eigenvalue weighted by atomic mass is 10.5. The Morgan fingerprint density at radius 1 is 1.54 bits per heavy atom. The molecule has 0 amide bonds. The van der Waals surface area contributed by atoms with Gasteiger partial charge in [-0.15, -0.1) is 0 Å². The largest absolute Gasteiger partial charge is 0.389 e. The highest BCUT2D eigenvalue weighted by molar-refractivity contribution is 7.85. The Kier molecular flexibility index (Phi) is 2.50. The van der Waals surface area contributed by atoms with Gasteiger partial charge in [0.2, 0.25) is 0 Å². The number of nitrogen functional groups attached to an aromatic ring is 1. The van der Waals surface area contributed by atoms with Gasteiger partial charge in [-0.2, -0.15) is 0 Å². The first-order valence-electron chi connectivity index (χ1n) is 4.07. The second kappa shape index (κ2) is 3.63. The molecular formula is C7H11N3OS2. The Hall–Kier alpha value is -0.620. The van der Waals surface area contributed by atoms with Crippen molar-refractivity contribution in [3.8, 4) is 0 Å². The molecule has 1 aromatic rings. The summed E-state index contributed by atoms with van der Waals surface area (Å²) in [5.41, 5.74) is 5.58. The van der Waals surface area contributed by atoms with Gasteiger partial charge in [-0.05, 0) is 0 Å². The minimum absolute atomic E-state index is 0.624. The van der Waals surface area contributed by atoms with E-state index >= 15 is 0 Å². The van der Waals surface area contributed by atoms with Gasteiger partial charge in [-0.25, -0.2) is 4.98 Å². The Morgan fingerprint density at radius 3 is 2.77 bits per heavy atom. The lowest BCUT2D eigenvalue weighted by Crippen LogP contribution is -2.37. The fourth-order valence-corrected chi connectivity index (χ4v) is 3.04. The summed E-state index contributed by atoms with van der Waals surface area (Å²) in [6.45, 7) is 1.67. The summed E-state index contributed by atoms with van der Waals surface area (Å²) in [7, 11) is -0.624. The van der Waals surface area contributed by atoms with Gasteiger partial charge in [0.1, 0.15) is 5.00 Å². The second-order valence-corrected chi connectivity index (χ2v) is 5.62. The first-order chi connectivity index (χ1) is 6.25. The SMILES string of the molecule is Nc1cnc(N2CCS(=O)CC2)s1. The Labute approximate surface area is 83.2 Å². The van der Waals surface area contributed by atoms with Gasteiger partial charge in [0.15, 0.2) is 5.13 Å². The molecule has 2 heterocycles. The van der Waals surface area contributed by atoms with Crippen molar-refractivity contribution < 1.29 is 4.21 Å². The van der Waals surface area contributed by atoms with Crippen LogP contribution in [0.1, 0.15) is 0 Å². The van der Waals surface area contributed by atoms with Crippen LogP contribution in [0.2, 0.25) is 0 Å². The van der Waals surface area contributed by atoms with Crippen LogP contribution in [0.4, 0.5) is 10.1 Å². The van der Waals surface area contributed by atoms with Crippen LogP contribution >= 0.6 is 11.3 Å². The van der Waals surface area contributed by atoms with E-state index in [1.807, 2.05) is 0 Å².